The molecule has 3 fully saturated rings. The first-order valence-corrected chi connectivity index (χ1v) is 42.1. The lowest BCUT2D eigenvalue weighted by molar-refractivity contribution is -0.148. The van der Waals surface area contributed by atoms with Gasteiger partial charge in [0.15, 0.2) is 11.9 Å². The summed E-state index contributed by atoms with van der Waals surface area (Å²) in [7, 11) is 0. The van der Waals surface area contributed by atoms with Crippen molar-refractivity contribution in [2.24, 2.45) is 23.1 Å². The quantitative estimate of drug-likeness (QED) is 0.0125. The number of carboxylic acid groups (broad SMARTS) is 1. The minimum Gasteiger partial charge on any atom is -0.479 e. The van der Waals surface area contributed by atoms with Gasteiger partial charge in [0.05, 0.1) is 19.5 Å². The zero-order chi connectivity index (χ0) is 89.1. The summed E-state index contributed by atoms with van der Waals surface area (Å²) in [5.74, 6) is -12.2. The molecule has 13 amide bonds. The third kappa shape index (κ3) is 29.3. The number of carbonyl (C=O) groups is 14. The molecule has 0 unspecified atom stereocenters. The number of aliphatic hydroxyl groups excluding tert-OH is 1. The second kappa shape index (κ2) is 48.1. The van der Waals surface area contributed by atoms with E-state index < -0.39 is 162 Å². The van der Waals surface area contributed by atoms with Crippen molar-refractivity contribution in [2.45, 2.75) is 228 Å². The molecule has 8 rings (SSSR count). The Labute approximate surface area is 714 Å². The summed E-state index contributed by atoms with van der Waals surface area (Å²) in [5.41, 5.74) is 17.2. The summed E-state index contributed by atoms with van der Waals surface area (Å²) in [5, 5.41) is 73.8. The Morgan fingerprint density at radius 3 is 1.62 bits per heavy atom. The van der Waals surface area contributed by atoms with Crippen LogP contribution in [0.5, 0.6) is 0 Å². The number of carboxylic acids is 1. The van der Waals surface area contributed by atoms with Crippen LogP contribution in [0.15, 0.2) is 116 Å². The van der Waals surface area contributed by atoms with Crippen LogP contribution in [-0.2, 0) is 92.8 Å². The van der Waals surface area contributed by atoms with Gasteiger partial charge < -0.3 is 111 Å². The van der Waals surface area contributed by atoms with E-state index in [1.807, 2.05) is 49.4 Å². The number of guanidine groups is 2. The summed E-state index contributed by atoms with van der Waals surface area (Å²) in [6, 6.07) is 16.2. The second-order valence-corrected chi connectivity index (χ2v) is 31.8. The zero-order valence-electron chi connectivity index (χ0n) is 69.9. The molecule has 3 saturated heterocycles. The number of rotatable bonds is 49. The molecule has 666 valence electrons. The molecule has 0 radical (unpaired) electrons. The number of aromatic amines is 1. The first-order valence-electron chi connectivity index (χ1n) is 42.1. The maximum Gasteiger partial charge on any atom is 0.330 e. The number of nitrogens with two attached hydrogens (primary N) is 3. The van der Waals surface area contributed by atoms with Gasteiger partial charge >= 0.3 is 5.97 Å². The number of fused-ring (bicyclic) bond motifs is 1. The molecular weight excluding hydrogens is 1590 g/mol. The van der Waals surface area contributed by atoms with E-state index in [1.165, 1.54) is 22.3 Å². The van der Waals surface area contributed by atoms with E-state index in [4.69, 9.17) is 28.0 Å². The fourth-order valence-electron chi connectivity index (χ4n) is 15.4. The van der Waals surface area contributed by atoms with Crippen molar-refractivity contribution < 1.29 is 77.3 Å². The molecule has 0 saturated carbocycles. The van der Waals surface area contributed by atoms with Crippen LogP contribution in [0.2, 0.25) is 0 Å². The number of nitrogens with one attached hydrogen (secondary N) is 16. The van der Waals surface area contributed by atoms with Crippen molar-refractivity contribution in [3.05, 3.63) is 138 Å². The van der Waals surface area contributed by atoms with Gasteiger partial charge in [0.2, 0.25) is 76.8 Å². The first kappa shape index (κ1) is 95.9. The number of H-pyrrole nitrogens is 1. The van der Waals surface area contributed by atoms with E-state index in [1.54, 1.807) is 74.5 Å². The van der Waals surface area contributed by atoms with Crippen LogP contribution in [0.25, 0.3) is 10.8 Å². The molecule has 24 N–H and O–H groups in total. The van der Waals surface area contributed by atoms with Crippen molar-refractivity contribution in [3.63, 3.8) is 0 Å². The largest absolute Gasteiger partial charge is 0.479 e. The number of benzene rings is 4. The van der Waals surface area contributed by atoms with Crippen molar-refractivity contribution in [1.29, 1.82) is 10.8 Å². The van der Waals surface area contributed by atoms with Gasteiger partial charge in [0.25, 0.3) is 0 Å². The fraction of sp³-hybridized carbons (Fsp3) is 0.518. The minimum atomic E-state index is -1.91. The van der Waals surface area contributed by atoms with E-state index in [-0.39, 0.29) is 159 Å². The molecule has 4 heterocycles. The van der Waals surface area contributed by atoms with Crippen molar-refractivity contribution in [2.75, 3.05) is 45.9 Å². The second-order valence-electron chi connectivity index (χ2n) is 31.8. The van der Waals surface area contributed by atoms with Gasteiger partial charge in [-0.05, 0) is 130 Å². The lowest BCUT2D eigenvalue weighted by Gasteiger charge is -2.33. The number of hydrogen-bond acceptors (Lipinski definition) is 19. The summed E-state index contributed by atoms with van der Waals surface area (Å²) >= 11 is 0. The van der Waals surface area contributed by atoms with Crippen molar-refractivity contribution >= 4 is 105 Å². The number of imidazole rings is 1. The SMILES string of the molecule is CCCC[C@H](NC(=O)[C@@H]1CCCN1C(=O)CNC(=O)[C@H](CCCCN)NC(=O)[C@H](Cc1cnc[nH]1)NC(=O)[C@H](CO)NC(=O)[C@H](CC(C)C)NC(=O)[C@H](CCCNC(=N)N)NC(=O)[C@@H]1CCCN1C(=O)[C@H](CCCNC(=N)N)NC(=O)[C@@H]1CCC(=O)N1)C(=O)N[C@H](Cc1cccc2ccccc12)C(=O)NC(Cc1ccccc1)(Cc1ccccc1)C(=O)O. The Morgan fingerprint density at radius 2 is 1.06 bits per heavy atom. The molecule has 38 nitrogen and oxygen atoms in total. The van der Waals surface area contributed by atoms with Gasteiger partial charge in [-0.25, -0.2) is 9.78 Å². The highest BCUT2D eigenvalue weighted by Crippen LogP contribution is 2.27. The fourth-order valence-corrected chi connectivity index (χ4v) is 15.4. The van der Waals surface area contributed by atoms with Crippen LogP contribution in [0.1, 0.15) is 152 Å². The van der Waals surface area contributed by atoms with E-state index in [0.29, 0.717) is 54.5 Å². The molecule has 38 heteroatoms. The van der Waals surface area contributed by atoms with Gasteiger partial charge in [-0.15, -0.1) is 0 Å². The summed E-state index contributed by atoms with van der Waals surface area (Å²) in [4.78, 5) is 209. The van der Waals surface area contributed by atoms with Crippen LogP contribution >= 0.6 is 0 Å². The normalized spacial score (nSPS) is 16.9. The number of unbranched alkanes of at least 4 members (excludes halogenated alkanes) is 2. The van der Waals surface area contributed by atoms with Gasteiger partial charge in [0, 0.05) is 70.2 Å². The van der Waals surface area contributed by atoms with Gasteiger partial charge in [0.1, 0.15) is 72.0 Å². The lowest BCUT2D eigenvalue weighted by Crippen LogP contribution is -2.63. The van der Waals surface area contributed by atoms with Crippen molar-refractivity contribution in [1.82, 2.24) is 88.9 Å². The predicted octanol–water partition coefficient (Wildman–Crippen LogP) is -1.09. The monoisotopic (exact) mass is 1700 g/mol. The van der Waals surface area contributed by atoms with Crippen LogP contribution in [-0.4, -0.2) is 243 Å². The van der Waals surface area contributed by atoms with Gasteiger partial charge in [-0.2, -0.15) is 0 Å². The van der Waals surface area contributed by atoms with Crippen LogP contribution in [0.4, 0.5) is 0 Å². The minimum absolute atomic E-state index is 0.0266. The van der Waals surface area contributed by atoms with Crippen LogP contribution < -0.4 is 86.3 Å². The van der Waals surface area contributed by atoms with E-state index >= 15 is 4.79 Å². The average molecular weight is 1710 g/mol. The van der Waals surface area contributed by atoms with E-state index in [9.17, 15) is 72.5 Å². The molecule has 3 aliphatic heterocycles. The third-order valence-corrected chi connectivity index (χ3v) is 21.9. The highest BCUT2D eigenvalue weighted by atomic mass is 16.4. The topological polar surface area (TPSA) is 597 Å². The molecule has 123 heavy (non-hydrogen) atoms. The first-order chi connectivity index (χ1) is 59.0. The third-order valence-electron chi connectivity index (χ3n) is 21.9. The summed E-state index contributed by atoms with van der Waals surface area (Å²) < 4.78 is 0. The number of aromatic nitrogens is 2. The summed E-state index contributed by atoms with van der Waals surface area (Å²) in [6.45, 7) is 4.30. The van der Waals surface area contributed by atoms with Crippen LogP contribution in [0, 0.1) is 16.7 Å². The van der Waals surface area contributed by atoms with E-state index in [0.717, 1.165) is 10.8 Å². The molecule has 11 atom stereocenters. The highest BCUT2D eigenvalue weighted by Gasteiger charge is 2.45. The zero-order valence-corrected chi connectivity index (χ0v) is 69.9. The number of carbonyl (C=O) groups excluding carboxylic acids is 13. The number of likely N-dealkylation sites (tertiary alicyclic amines) is 2. The Morgan fingerprint density at radius 1 is 0.553 bits per heavy atom. The Hall–Kier alpha value is -12.6. The predicted molar refractivity (Wildman–Crippen MR) is 455 cm³/mol. The van der Waals surface area contributed by atoms with Crippen molar-refractivity contribution in [3.8, 4) is 0 Å². The number of aliphatic hydroxyl groups is 1. The molecule has 1 aromatic heterocycles. The van der Waals surface area contributed by atoms with Crippen LogP contribution in [0.3, 0.4) is 0 Å². The Balaban J connectivity index is 0.927. The maximum atomic E-state index is 15.1. The van der Waals surface area contributed by atoms with E-state index in [2.05, 4.69) is 79.1 Å². The smallest absolute Gasteiger partial charge is 0.330 e. The summed E-state index contributed by atoms with van der Waals surface area (Å²) in [6.07, 6.45) is 5.51. The molecule has 0 spiro atoms. The molecule has 4 aromatic carbocycles. The number of nitrogens with zero attached hydrogens (tertiary/aromatic N) is 3. The molecule has 3 aliphatic rings. The van der Waals surface area contributed by atoms with Gasteiger partial charge in [-0.1, -0.05) is 137 Å². The van der Waals surface area contributed by atoms with Gasteiger partial charge in [-0.3, -0.25) is 73.1 Å². The number of hydrogen-bond donors (Lipinski definition) is 21. The standard InChI is InChI=1S/C85H120N22O16/c1-4-5-29-59(72(112)102-64(43-55-27-16-26-54-25-12-13-28-57(54)55)78(118)105-85(82(122)123,45-52-21-8-6-9-22-52)46-53-23-10-7-11-24-53)98-79(119)67-33-19-40-106(67)70(110)48-94-71(111)58(30-14-15-37-86)97-76(116)65(44-56-47-91-50-95-56)103-77(117)66(49-108)104-75(115)63(42-51(2)3)101-73(113)60(31-17-38-92-83(87)88)99-80(120)68-34-20-41-107(68)81(121)62(32-18-39-93-84(89)90)100-74(114)61-35-36-69(109)96-61/h6-13,16,21-28,47,50-51,58-68,108H,4-5,14-15,17-20,29-46,48-49,86H2,1-3H3,(H,91,95)(H,94,111)(H,96,109)(H,97,116)(H,98,119)(H,99,120)(H,100,114)(H,101,113)(H,102,112)(H,103,117)(H,104,115)(H,105,118)(H,122,123)(H4,87,88,92)(H4,89,90,93)/t58-,59-,60-,61-,62-,63-,64+,65-,66-,67-,68-/m0/s1. The number of amides is 13. The Bertz CT molecular complexity index is 4420. The molecular formula is C85H120N22O16. The molecule has 0 aliphatic carbocycles. The number of aliphatic carboxylic acids is 1. The lowest BCUT2D eigenvalue weighted by atomic mass is 9.84. The molecule has 0 bridgehead atoms. The molecule has 5 aromatic rings. The Kier molecular flexibility index (Phi) is 37.5. The average Bonchev–Trinajstić information content (AvgIpc) is 0.850. The maximum absolute atomic E-state index is 15.1. The highest BCUT2D eigenvalue weighted by molar-refractivity contribution is 6.01.